The largest absolute Gasteiger partial charge is 0.348 e. The molecule has 0 saturated carbocycles. The highest BCUT2D eigenvalue weighted by atomic mass is 35.5. The van der Waals surface area contributed by atoms with Crippen LogP contribution >= 0.6 is 11.6 Å². The monoisotopic (exact) mass is 190 g/mol. The Balaban J connectivity index is 3.00. The van der Waals surface area contributed by atoms with Gasteiger partial charge in [-0.25, -0.2) is 0 Å². The maximum atomic E-state index is 12.4. The number of carbonyl (C=O) groups is 1. The van der Waals surface area contributed by atoms with Crippen molar-refractivity contribution in [3.8, 4) is 0 Å². The van der Waals surface area contributed by atoms with Crippen LogP contribution in [0.5, 0.6) is 0 Å². The lowest BCUT2D eigenvalue weighted by Gasteiger charge is -2.06. The van der Waals surface area contributed by atoms with Crippen LogP contribution in [0.25, 0.3) is 0 Å². The molecule has 0 aliphatic rings. The Morgan fingerprint density at radius 2 is 1.75 bits per heavy atom. The van der Waals surface area contributed by atoms with E-state index >= 15 is 0 Å². The molecule has 64 valence electrons. The molecule has 0 amide bonds. The van der Waals surface area contributed by atoms with Gasteiger partial charge in [-0.1, -0.05) is 24.3 Å². The van der Waals surface area contributed by atoms with E-state index in [0.717, 1.165) is 12.1 Å². The van der Waals surface area contributed by atoms with Crippen LogP contribution in [0.4, 0.5) is 8.78 Å². The predicted molar refractivity (Wildman–Crippen MR) is 41.6 cm³/mol. The van der Waals surface area contributed by atoms with Crippen LogP contribution in [0.3, 0.4) is 0 Å². The first kappa shape index (κ1) is 9.13. The summed E-state index contributed by atoms with van der Waals surface area (Å²) >= 11 is 4.73. The number of alkyl halides is 3. The minimum Gasteiger partial charge on any atom is -0.298 e. The number of hydrogen-bond acceptors (Lipinski definition) is 1. The van der Waals surface area contributed by atoms with Crippen LogP contribution in [-0.2, 0) is 5.38 Å². The van der Waals surface area contributed by atoms with Crippen LogP contribution in [0, 0.1) is 0 Å². The van der Waals surface area contributed by atoms with Gasteiger partial charge in [0.15, 0.2) is 0 Å². The summed E-state index contributed by atoms with van der Waals surface area (Å²) in [4.78, 5) is 10.1. The molecule has 0 unspecified atom stereocenters. The van der Waals surface area contributed by atoms with Gasteiger partial charge in [-0.15, -0.1) is 0 Å². The average molecular weight is 191 g/mol. The zero-order chi connectivity index (χ0) is 9.19. The Morgan fingerprint density at radius 1 is 1.25 bits per heavy atom. The molecule has 0 fully saturated rings. The van der Waals surface area contributed by atoms with Crippen molar-refractivity contribution in [1.29, 1.82) is 0 Å². The SMILES string of the molecule is O=Cc1ccc(C(F)(F)Cl)cc1. The summed E-state index contributed by atoms with van der Waals surface area (Å²) in [5.74, 6) is 0. The molecular formula is C8H5ClF2O. The highest BCUT2D eigenvalue weighted by Gasteiger charge is 2.27. The Bertz CT molecular complexity index is 276. The van der Waals surface area contributed by atoms with Gasteiger partial charge in [0.05, 0.1) is 0 Å². The minimum atomic E-state index is -3.36. The van der Waals surface area contributed by atoms with E-state index in [-0.39, 0.29) is 5.56 Å². The van der Waals surface area contributed by atoms with E-state index in [0.29, 0.717) is 11.8 Å². The van der Waals surface area contributed by atoms with E-state index < -0.39 is 5.38 Å². The average Bonchev–Trinajstić information content (AvgIpc) is 2.03. The van der Waals surface area contributed by atoms with Crippen molar-refractivity contribution in [1.82, 2.24) is 0 Å². The summed E-state index contributed by atoms with van der Waals surface area (Å²) in [6, 6.07) is 4.82. The molecule has 0 aliphatic heterocycles. The summed E-state index contributed by atoms with van der Waals surface area (Å²) < 4.78 is 24.7. The van der Waals surface area contributed by atoms with Crippen molar-refractivity contribution in [3.05, 3.63) is 35.4 Å². The van der Waals surface area contributed by atoms with Gasteiger partial charge >= 0.3 is 5.38 Å². The first-order valence-corrected chi connectivity index (χ1v) is 3.54. The molecule has 0 N–H and O–H groups in total. The summed E-state index contributed by atoms with van der Waals surface area (Å²) in [7, 11) is 0. The number of benzene rings is 1. The Kier molecular flexibility index (Phi) is 2.43. The van der Waals surface area contributed by atoms with E-state index in [4.69, 9.17) is 11.6 Å². The Morgan fingerprint density at radius 3 is 2.08 bits per heavy atom. The van der Waals surface area contributed by atoms with E-state index in [9.17, 15) is 13.6 Å². The lowest BCUT2D eigenvalue weighted by Crippen LogP contribution is -2.02. The zero-order valence-corrected chi connectivity index (χ0v) is 6.68. The molecule has 0 atom stereocenters. The highest BCUT2D eigenvalue weighted by molar-refractivity contribution is 6.21. The lowest BCUT2D eigenvalue weighted by molar-refractivity contribution is 0.0949. The van der Waals surface area contributed by atoms with Crippen molar-refractivity contribution in [3.63, 3.8) is 0 Å². The van der Waals surface area contributed by atoms with Gasteiger partial charge in [0.2, 0.25) is 0 Å². The smallest absolute Gasteiger partial charge is 0.298 e. The third kappa shape index (κ3) is 2.01. The van der Waals surface area contributed by atoms with E-state index in [1.807, 2.05) is 0 Å². The standard InChI is InChI=1S/C8H5ClF2O/c9-8(10,11)7-3-1-6(5-12)2-4-7/h1-5H. The quantitative estimate of drug-likeness (QED) is 0.518. The Labute approximate surface area is 73.0 Å². The predicted octanol–water partition coefficient (Wildman–Crippen LogP) is 2.79. The van der Waals surface area contributed by atoms with Crippen molar-refractivity contribution in [2.45, 2.75) is 5.38 Å². The van der Waals surface area contributed by atoms with Crippen molar-refractivity contribution < 1.29 is 13.6 Å². The molecule has 12 heavy (non-hydrogen) atoms. The number of carbonyl (C=O) groups excluding carboxylic acids is 1. The number of halogens is 3. The first-order chi connectivity index (χ1) is 5.54. The van der Waals surface area contributed by atoms with Gasteiger partial charge in [0, 0.05) is 11.1 Å². The van der Waals surface area contributed by atoms with Gasteiger partial charge in [-0.2, -0.15) is 8.78 Å². The van der Waals surface area contributed by atoms with Crippen LogP contribution in [0.15, 0.2) is 24.3 Å². The summed E-state index contributed by atoms with van der Waals surface area (Å²) in [6.07, 6.45) is 0.580. The summed E-state index contributed by atoms with van der Waals surface area (Å²) in [6.45, 7) is 0. The fourth-order valence-corrected chi connectivity index (χ4v) is 0.877. The van der Waals surface area contributed by atoms with Crippen molar-refractivity contribution in [2.75, 3.05) is 0 Å². The van der Waals surface area contributed by atoms with Crippen LogP contribution in [0.1, 0.15) is 15.9 Å². The second kappa shape index (κ2) is 3.19. The first-order valence-electron chi connectivity index (χ1n) is 3.16. The Hall–Kier alpha value is -0.960. The van der Waals surface area contributed by atoms with Gasteiger partial charge in [0.25, 0.3) is 0 Å². The third-order valence-electron chi connectivity index (χ3n) is 1.37. The van der Waals surface area contributed by atoms with Gasteiger partial charge < -0.3 is 0 Å². The summed E-state index contributed by atoms with van der Waals surface area (Å²) in [5.41, 5.74) is 0.0365. The van der Waals surface area contributed by atoms with E-state index in [2.05, 4.69) is 0 Å². The molecule has 0 saturated heterocycles. The molecule has 1 nitrogen and oxygen atoms in total. The number of hydrogen-bond donors (Lipinski definition) is 0. The molecule has 0 aliphatic carbocycles. The molecule has 0 radical (unpaired) electrons. The fraction of sp³-hybridized carbons (Fsp3) is 0.125. The topological polar surface area (TPSA) is 17.1 Å². The van der Waals surface area contributed by atoms with E-state index in [1.54, 1.807) is 0 Å². The molecule has 4 heteroatoms. The van der Waals surface area contributed by atoms with Gasteiger partial charge in [-0.05, 0) is 11.6 Å². The maximum Gasteiger partial charge on any atom is 0.348 e. The molecule has 0 bridgehead atoms. The van der Waals surface area contributed by atoms with Crippen molar-refractivity contribution >= 4 is 17.9 Å². The van der Waals surface area contributed by atoms with Gasteiger partial charge in [-0.3, -0.25) is 4.79 Å². The molecule has 0 heterocycles. The van der Waals surface area contributed by atoms with E-state index in [1.165, 1.54) is 12.1 Å². The maximum absolute atomic E-state index is 12.4. The van der Waals surface area contributed by atoms with Crippen LogP contribution < -0.4 is 0 Å². The second-order valence-corrected chi connectivity index (χ2v) is 2.71. The number of rotatable bonds is 2. The molecule has 1 rings (SSSR count). The molecular weight excluding hydrogens is 186 g/mol. The fourth-order valence-electron chi connectivity index (χ4n) is 0.751. The molecule has 0 aromatic heterocycles. The minimum absolute atomic E-state index is 0.310. The molecule has 1 aromatic carbocycles. The highest BCUT2D eigenvalue weighted by Crippen LogP contribution is 2.31. The zero-order valence-electron chi connectivity index (χ0n) is 5.93. The van der Waals surface area contributed by atoms with Crippen LogP contribution in [-0.4, -0.2) is 6.29 Å². The van der Waals surface area contributed by atoms with Crippen molar-refractivity contribution in [2.24, 2.45) is 0 Å². The normalized spacial score (nSPS) is 11.2. The second-order valence-electron chi connectivity index (χ2n) is 2.24. The lowest BCUT2D eigenvalue weighted by atomic mass is 10.1. The molecule has 0 spiro atoms. The summed E-state index contributed by atoms with van der Waals surface area (Å²) in [5, 5.41) is -3.36. The van der Waals surface area contributed by atoms with Crippen LogP contribution in [0.2, 0.25) is 0 Å². The third-order valence-corrected chi connectivity index (χ3v) is 1.59. The number of aldehydes is 1. The molecule has 1 aromatic rings. The van der Waals surface area contributed by atoms with Gasteiger partial charge in [0.1, 0.15) is 6.29 Å².